The van der Waals surface area contributed by atoms with Crippen LogP contribution in [0.2, 0.25) is 0 Å². The molecular formula is C23H29N3OS2. The van der Waals surface area contributed by atoms with Gasteiger partial charge in [0.2, 0.25) is 0 Å². The van der Waals surface area contributed by atoms with Crippen molar-refractivity contribution in [2.75, 3.05) is 34.5 Å². The lowest BCUT2D eigenvalue weighted by Gasteiger charge is -2.34. The highest BCUT2D eigenvalue weighted by atomic mass is 32.2. The Kier molecular flexibility index (Phi) is 6.40. The summed E-state index contributed by atoms with van der Waals surface area (Å²) in [6.45, 7) is 6.44. The molecule has 2 aromatic carbocycles. The van der Waals surface area contributed by atoms with Crippen molar-refractivity contribution in [3.63, 3.8) is 0 Å². The van der Waals surface area contributed by atoms with Gasteiger partial charge in [-0.2, -0.15) is 5.01 Å². The van der Waals surface area contributed by atoms with Crippen molar-refractivity contribution in [1.82, 2.24) is 0 Å². The van der Waals surface area contributed by atoms with E-state index in [4.69, 9.17) is 0 Å². The van der Waals surface area contributed by atoms with Crippen molar-refractivity contribution in [1.29, 1.82) is 0 Å². The van der Waals surface area contributed by atoms with Gasteiger partial charge >= 0.3 is 0 Å². The fraction of sp³-hybridized carbons (Fsp3) is 0.478. The number of thioether (sulfide) groups is 2. The lowest BCUT2D eigenvalue weighted by molar-refractivity contribution is 0.577. The Bertz CT molecular complexity index is 844. The van der Waals surface area contributed by atoms with Crippen molar-refractivity contribution >= 4 is 40.6 Å². The number of hydrogen-bond donors (Lipinski definition) is 0. The smallest absolute Gasteiger partial charge is 0.0947 e. The maximum atomic E-state index is 12.0. The first-order valence-electron chi connectivity index (χ1n) is 10.5. The first kappa shape index (κ1) is 20.6. The Morgan fingerprint density at radius 3 is 2.31 bits per heavy atom. The topological polar surface area (TPSA) is 35.9 Å². The monoisotopic (exact) mass is 427 g/mol. The number of anilines is 3. The van der Waals surface area contributed by atoms with Gasteiger partial charge in [-0.15, -0.1) is 28.4 Å². The van der Waals surface area contributed by atoms with Crippen LogP contribution in [-0.2, 0) is 4.08 Å². The molecule has 0 aliphatic carbocycles. The zero-order valence-corrected chi connectivity index (χ0v) is 18.9. The minimum absolute atomic E-state index is 0.0951. The third kappa shape index (κ3) is 4.29. The molecule has 0 radical (unpaired) electrons. The number of nitrogens with zero attached hydrogens (tertiary/aromatic N) is 3. The number of hydrogen-bond acceptors (Lipinski definition) is 5. The summed E-state index contributed by atoms with van der Waals surface area (Å²) in [5, 5.41) is 5.03. The summed E-state index contributed by atoms with van der Waals surface area (Å²) in [5.74, 6) is 2.41. The van der Waals surface area contributed by atoms with Crippen molar-refractivity contribution < 1.29 is 0 Å². The molecule has 2 aliphatic heterocycles. The first-order chi connectivity index (χ1) is 14.1. The van der Waals surface area contributed by atoms with Crippen LogP contribution in [0.25, 0.3) is 0 Å². The van der Waals surface area contributed by atoms with E-state index in [0.717, 1.165) is 35.7 Å². The third-order valence-corrected chi connectivity index (χ3v) is 9.15. The van der Waals surface area contributed by atoms with Crippen molar-refractivity contribution in [2.24, 2.45) is 5.29 Å². The summed E-state index contributed by atoms with van der Waals surface area (Å²) in [4.78, 5) is 14.4. The van der Waals surface area contributed by atoms with Crippen molar-refractivity contribution in [3.05, 3.63) is 58.5 Å². The van der Waals surface area contributed by atoms with Gasteiger partial charge in [-0.3, -0.25) is 0 Å². The summed E-state index contributed by atoms with van der Waals surface area (Å²) < 4.78 is 0.0951. The van der Waals surface area contributed by atoms with E-state index in [2.05, 4.69) is 54.4 Å². The minimum atomic E-state index is 0.0951. The molecule has 29 heavy (non-hydrogen) atoms. The Morgan fingerprint density at radius 2 is 1.66 bits per heavy atom. The quantitative estimate of drug-likeness (QED) is 0.385. The molecule has 2 aliphatic rings. The van der Waals surface area contributed by atoms with Gasteiger partial charge in [0.25, 0.3) is 0 Å². The molecule has 2 heterocycles. The highest BCUT2D eigenvalue weighted by molar-refractivity contribution is 8.18. The second kappa shape index (κ2) is 9.00. The van der Waals surface area contributed by atoms with E-state index in [9.17, 15) is 4.91 Å². The van der Waals surface area contributed by atoms with E-state index in [1.807, 2.05) is 35.7 Å². The predicted molar refractivity (Wildman–Crippen MR) is 129 cm³/mol. The normalized spacial score (nSPS) is 19.0. The van der Waals surface area contributed by atoms with E-state index >= 15 is 0 Å². The molecule has 2 fully saturated rings. The largest absolute Gasteiger partial charge is 0.370 e. The Hall–Kier alpha value is -1.66. The van der Waals surface area contributed by atoms with Gasteiger partial charge in [0, 0.05) is 13.1 Å². The zero-order chi connectivity index (χ0) is 20.3. The van der Waals surface area contributed by atoms with Gasteiger partial charge in [0.05, 0.1) is 26.4 Å². The lowest BCUT2D eigenvalue weighted by atomic mass is 10.1. The Balaban J connectivity index is 1.66. The van der Waals surface area contributed by atoms with Crippen LogP contribution in [0.5, 0.6) is 0 Å². The van der Waals surface area contributed by atoms with E-state index in [0.29, 0.717) is 0 Å². The Labute approximate surface area is 182 Å². The Morgan fingerprint density at radius 1 is 0.966 bits per heavy atom. The predicted octanol–water partition coefficient (Wildman–Crippen LogP) is 6.85. The van der Waals surface area contributed by atoms with Crippen LogP contribution in [0.3, 0.4) is 0 Å². The van der Waals surface area contributed by atoms with Gasteiger partial charge in [-0.05, 0) is 80.4 Å². The third-order valence-electron chi connectivity index (χ3n) is 5.89. The zero-order valence-electron chi connectivity index (χ0n) is 17.3. The maximum Gasteiger partial charge on any atom is 0.0947 e. The molecular weight excluding hydrogens is 398 g/mol. The van der Waals surface area contributed by atoms with Crippen LogP contribution < -0.4 is 9.91 Å². The highest BCUT2D eigenvalue weighted by Crippen LogP contribution is 2.50. The average Bonchev–Trinajstić information content (AvgIpc) is 2.77. The summed E-state index contributed by atoms with van der Waals surface area (Å²) in [6.07, 6.45) is 4.96. The molecule has 0 amide bonds. The number of nitroso groups, excluding NO2 is 1. The number of aryl methyl sites for hydroxylation is 1. The second-order valence-electron chi connectivity index (χ2n) is 7.93. The van der Waals surface area contributed by atoms with Crippen molar-refractivity contribution in [2.45, 2.75) is 43.6 Å². The summed E-state index contributed by atoms with van der Waals surface area (Å²) in [7, 11) is 0. The van der Waals surface area contributed by atoms with Gasteiger partial charge in [0.15, 0.2) is 0 Å². The molecule has 0 spiro atoms. The summed E-state index contributed by atoms with van der Waals surface area (Å²) in [5.41, 5.74) is 5.22. The van der Waals surface area contributed by atoms with Crippen LogP contribution in [0.4, 0.5) is 17.1 Å². The molecule has 6 heteroatoms. The van der Waals surface area contributed by atoms with E-state index in [1.165, 1.54) is 42.8 Å². The van der Waals surface area contributed by atoms with E-state index < -0.39 is 0 Å². The van der Waals surface area contributed by atoms with Gasteiger partial charge < -0.3 is 4.90 Å². The molecule has 2 saturated heterocycles. The molecule has 4 nitrogen and oxygen atoms in total. The summed E-state index contributed by atoms with van der Waals surface area (Å²) in [6, 6.07) is 14.7. The fourth-order valence-electron chi connectivity index (χ4n) is 4.23. The first-order valence-corrected chi connectivity index (χ1v) is 12.5. The molecule has 0 aromatic heterocycles. The van der Waals surface area contributed by atoms with Crippen LogP contribution >= 0.6 is 23.5 Å². The second-order valence-corrected chi connectivity index (χ2v) is 11.2. The van der Waals surface area contributed by atoms with Crippen LogP contribution in [0, 0.1) is 11.8 Å². The number of rotatable bonds is 5. The molecule has 0 unspecified atom stereocenters. The molecule has 0 N–H and O–H groups in total. The maximum absolute atomic E-state index is 12.0. The number of para-hydroxylation sites is 1. The molecule has 0 saturated carbocycles. The van der Waals surface area contributed by atoms with E-state index in [1.54, 1.807) is 5.01 Å². The highest BCUT2D eigenvalue weighted by Gasteiger charge is 2.30. The molecule has 154 valence electrons. The van der Waals surface area contributed by atoms with Crippen LogP contribution in [0.1, 0.15) is 43.7 Å². The minimum Gasteiger partial charge on any atom is -0.370 e. The van der Waals surface area contributed by atoms with E-state index in [-0.39, 0.29) is 4.08 Å². The number of benzene rings is 2. The van der Waals surface area contributed by atoms with Crippen LogP contribution in [-0.4, -0.2) is 24.6 Å². The average molecular weight is 428 g/mol. The van der Waals surface area contributed by atoms with Crippen molar-refractivity contribution in [3.8, 4) is 0 Å². The standard InChI is InChI=1S/C23H29N3OS2/c1-18-8-6-9-21(25-14-4-3-5-15-25)22(18)26(24-27)20-12-10-19(11-13-20)23(2)28-16-7-17-29-23/h6,8-13H,3-5,7,14-17H2,1-2H3. The van der Waals surface area contributed by atoms with Crippen LogP contribution in [0.15, 0.2) is 47.8 Å². The summed E-state index contributed by atoms with van der Waals surface area (Å²) >= 11 is 4.03. The molecule has 2 aromatic rings. The van der Waals surface area contributed by atoms with Gasteiger partial charge in [-0.1, -0.05) is 24.3 Å². The number of piperidine rings is 1. The fourth-order valence-corrected chi connectivity index (χ4v) is 7.21. The molecule has 0 atom stereocenters. The molecule has 4 rings (SSSR count). The van der Waals surface area contributed by atoms with Gasteiger partial charge in [0.1, 0.15) is 0 Å². The SMILES string of the molecule is Cc1cccc(N2CCCCC2)c1N(N=O)c1ccc(C2(C)SCCCS2)cc1. The van der Waals surface area contributed by atoms with Gasteiger partial charge in [-0.25, -0.2) is 0 Å². The lowest BCUT2D eigenvalue weighted by Crippen LogP contribution is -2.30. The molecule has 0 bridgehead atoms.